The van der Waals surface area contributed by atoms with Crippen molar-refractivity contribution in [2.75, 3.05) is 20.2 Å². The van der Waals surface area contributed by atoms with Gasteiger partial charge in [-0.3, -0.25) is 4.79 Å². The maximum absolute atomic E-state index is 15.5. The molecule has 0 aromatic carbocycles. The number of halogens is 2. The molecule has 3 N–H and O–H groups in total. The van der Waals surface area contributed by atoms with Gasteiger partial charge in [-0.25, -0.2) is 13.6 Å². The number of rotatable bonds is 4. The number of fused-ring (bicyclic) bond motifs is 1. The summed E-state index contributed by atoms with van der Waals surface area (Å²) in [6, 6.07) is -0.590. The van der Waals surface area contributed by atoms with Crippen molar-refractivity contribution in [1.29, 1.82) is 0 Å². The second kappa shape index (κ2) is 6.06. The highest BCUT2D eigenvalue weighted by atomic mass is 19.1. The number of ether oxygens (including phenoxy) is 1. The quantitative estimate of drug-likeness (QED) is 0.770. The van der Waals surface area contributed by atoms with Crippen LogP contribution in [0, 0.1) is 5.41 Å². The molecular weight excluding hydrogens is 396 g/mol. The zero-order chi connectivity index (χ0) is 21.6. The Balaban J connectivity index is 1.70. The number of carboxylic acids is 1. The van der Waals surface area contributed by atoms with Crippen LogP contribution in [0.4, 0.5) is 8.78 Å². The normalized spacial score (nSPS) is 33.6. The van der Waals surface area contributed by atoms with Crippen molar-refractivity contribution in [2.24, 2.45) is 11.1 Å². The van der Waals surface area contributed by atoms with E-state index in [9.17, 15) is 19.1 Å². The van der Waals surface area contributed by atoms with Crippen LogP contribution in [0.2, 0.25) is 0 Å². The molecule has 2 saturated carbocycles. The van der Waals surface area contributed by atoms with Gasteiger partial charge in [-0.05, 0) is 19.8 Å². The summed E-state index contributed by atoms with van der Waals surface area (Å²) in [6.45, 7) is 3.03. The summed E-state index contributed by atoms with van der Waals surface area (Å²) >= 11 is 0. The molecule has 1 spiro atoms. The Hall–Kier alpha value is -2.42. The fourth-order valence-electron chi connectivity index (χ4n) is 5.28. The van der Waals surface area contributed by atoms with E-state index in [1.807, 2.05) is 11.8 Å². The van der Waals surface area contributed by atoms with Gasteiger partial charge in [0.1, 0.15) is 17.9 Å². The topological polar surface area (TPSA) is 97.8 Å². The van der Waals surface area contributed by atoms with Crippen molar-refractivity contribution < 1.29 is 23.4 Å². The van der Waals surface area contributed by atoms with Gasteiger partial charge in [-0.15, -0.1) is 0 Å². The molecule has 4 atom stereocenters. The van der Waals surface area contributed by atoms with Crippen LogP contribution in [0.25, 0.3) is 5.76 Å². The van der Waals surface area contributed by atoms with Crippen LogP contribution in [0.5, 0.6) is 0 Å². The Morgan fingerprint density at radius 1 is 1.33 bits per heavy atom. The lowest BCUT2D eigenvalue weighted by Gasteiger charge is -2.33. The molecule has 5 rings (SSSR count). The molecule has 1 aromatic heterocycles. The summed E-state index contributed by atoms with van der Waals surface area (Å²) in [4.78, 5) is 26.3. The molecule has 0 radical (unpaired) electrons. The fourth-order valence-corrected chi connectivity index (χ4v) is 5.28. The Bertz CT molecular complexity index is 1040. The second-order valence-corrected chi connectivity index (χ2v) is 9.37. The van der Waals surface area contributed by atoms with E-state index < -0.39 is 40.9 Å². The number of nitrogens with two attached hydrogens (primary N) is 1. The summed E-state index contributed by atoms with van der Waals surface area (Å²) in [6.07, 6.45) is 0.400. The standard InChI is InChI=1S/C21H25F2N3O4/c1-20(24)8-25(9-21(20)3-4-21)16-13(23)5-10-15(18(16)30-2)26(14-6-12(14)22)7-11(17(10)27)19(28)29/h7,12-14H,3-6,8-9,24H2,1-2H3,(H,28,29)/t12-,13?,14?,20?/m0/s1. The molecule has 2 heterocycles. The number of alkyl halides is 2. The van der Waals surface area contributed by atoms with Crippen LogP contribution >= 0.6 is 0 Å². The Labute approximate surface area is 172 Å². The molecule has 0 bridgehead atoms. The number of hydrogen-bond acceptors (Lipinski definition) is 5. The summed E-state index contributed by atoms with van der Waals surface area (Å²) in [5, 5.41) is 9.43. The second-order valence-electron chi connectivity index (χ2n) is 9.37. The van der Waals surface area contributed by atoms with Crippen LogP contribution < -0.4 is 11.2 Å². The highest BCUT2D eigenvalue weighted by Gasteiger charge is 2.61. The van der Waals surface area contributed by atoms with E-state index in [4.69, 9.17) is 10.5 Å². The average molecular weight is 421 g/mol. The molecule has 30 heavy (non-hydrogen) atoms. The molecule has 162 valence electrons. The van der Waals surface area contributed by atoms with Crippen molar-refractivity contribution in [3.05, 3.63) is 38.9 Å². The number of hydrogen-bond donors (Lipinski definition) is 2. The lowest BCUT2D eigenvalue weighted by atomic mass is 9.87. The zero-order valence-electron chi connectivity index (χ0n) is 17.0. The van der Waals surface area contributed by atoms with Gasteiger partial charge in [-0.2, -0.15) is 0 Å². The first-order valence-electron chi connectivity index (χ1n) is 10.2. The third-order valence-electron chi connectivity index (χ3n) is 7.35. The molecule has 7 nitrogen and oxygen atoms in total. The molecule has 3 fully saturated rings. The van der Waals surface area contributed by atoms with Crippen LogP contribution in [0.1, 0.15) is 53.8 Å². The first-order chi connectivity index (χ1) is 14.1. The third-order valence-corrected chi connectivity index (χ3v) is 7.35. The molecule has 4 aliphatic rings. The van der Waals surface area contributed by atoms with Crippen LogP contribution in [0.3, 0.4) is 0 Å². The predicted octanol–water partition coefficient (Wildman–Crippen LogP) is 1.85. The van der Waals surface area contributed by atoms with Gasteiger partial charge < -0.3 is 25.0 Å². The third kappa shape index (κ3) is 2.57. The lowest BCUT2D eigenvalue weighted by Crippen LogP contribution is -2.46. The van der Waals surface area contributed by atoms with E-state index in [1.165, 1.54) is 17.9 Å². The van der Waals surface area contributed by atoms with Crippen molar-refractivity contribution in [3.63, 3.8) is 0 Å². The van der Waals surface area contributed by atoms with Crippen LogP contribution in [-0.4, -0.2) is 58.6 Å². The molecule has 3 aliphatic carbocycles. The van der Waals surface area contributed by atoms with Gasteiger partial charge in [0, 0.05) is 48.6 Å². The average Bonchev–Trinajstić information content (AvgIpc) is 3.57. The van der Waals surface area contributed by atoms with Crippen molar-refractivity contribution in [3.8, 4) is 0 Å². The maximum atomic E-state index is 15.5. The largest absolute Gasteiger partial charge is 0.493 e. The van der Waals surface area contributed by atoms with Crippen LogP contribution in [0.15, 0.2) is 16.7 Å². The Morgan fingerprint density at radius 2 is 2.00 bits per heavy atom. The maximum Gasteiger partial charge on any atom is 0.341 e. The molecule has 1 saturated heterocycles. The first kappa shape index (κ1) is 19.5. The van der Waals surface area contributed by atoms with E-state index in [0.717, 1.165) is 12.8 Å². The zero-order valence-corrected chi connectivity index (χ0v) is 17.0. The number of likely N-dealkylation sites (tertiary alicyclic amines) is 1. The molecule has 1 aliphatic heterocycles. The van der Waals surface area contributed by atoms with Gasteiger partial charge in [-0.1, -0.05) is 0 Å². The van der Waals surface area contributed by atoms with Gasteiger partial charge in [0.05, 0.1) is 24.5 Å². The van der Waals surface area contributed by atoms with Gasteiger partial charge in [0.25, 0.3) is 0 Å². The predicted molar refractivity (Wildman–Crippen MR) is 105 cm³/mol. The van der Waals surface area contributed by atoms with E-state index >= 15 is 4.39 Å². The summed E-state index contributed by atoms with van der Waals surface area (Å²) in [5.74, 6) is -1.24. The minimum atomic E-state index is -1.54. The van der Waals surface area contributed by atoms with E-state index in [1.54, 1.807) is 0 Å². The number of allylic oxidation sites excluding steroid dienone is 1. The summed E-state index contributed by atoms with van der Waals surface area (Å²) < 4.78 is 36.5. The van der Waals surface area contributed by atoms with E-state index in [2.05, 4.69) is 0 Å². The summed E-state index contributed by atoms with van der Waals surface area (Å²) in [7, 11) is 1.39. The minimum Gasteiger partial charge on any atom is -0.493 e. The lowest BCUT2D eigenvalue weighted by molar-refractivity contribution is 0.0694. The number of aromatic nitrogens is 1. The van der Waals surface area contributed by atoms with Crippen molar-refractivity contribution in [1.82, 2.24) is 9.47 Å². The van der Waals surface area contributed by atoms with Gasteiger partial charge >= 0.3 is 5.97 Å². The number of methoxy groups -OCH3 is 1. The van der Waals surface area contributed by atoms with E-state index in [-0.39, 0.29) is 35.3 Å². The number of carboxylic acid groups (broad SMARTS) is 1. The molecular formula is C21H25F2N3O4. The highest BCUT2D eigenvalue weighted by molar-refractivity contribution is 5.88. The molecule has 1 aromatic rings. The van der Waals surface area contributed by atoms with Gasteiger partial charge in [0.15, 0.2) is 11.2 Å². The minimum absolute atomic E-state index is 0.0259. The molecule has 0 amide bonds. The Kier molecular flexibility index (Phi) is 3.95. The number of pyridine rings is 1. The number of carbonyl (C=O) groups is 1. The smallest absolute Gasteiger partial charge is 0.341 e. The number of nitrogens with zero attached hydrogens (tertiary/aromatic N) is 2. The van der Waals surface area contributed by atoms with Crippen LogP contribution in [-0.2, 0) is 11.2 Å². The van der Waals surface area contributed by atoms with Gasteiger partial charge in [0.2, 0.25) is 0 Å². The molecule has 3 unspecified atom stereocenters. The van der Waals surface area contributed by atoms with Crippen molar-refractivity contribution in [2.45, 2.75) is 56.5 Å². The highest BCUT2D eigenvalue weighted by Crippen LogP contribution is 2.58. The first-order valence-corrected chi connectivity index (χ1v) is 10.2. The monoisotopic (exact) mass is 421 g/mol. The number of aromatic carboxylic acids is 1. The molecule has 9 heteroatoms. The fraction of sp³-hybridized carbons (Fsp3) is 0.619. The SMILES string of the molecule is COC1=C(N2CC(C)(N)C3(CC3)C2)C(F)Cc2c1n(C1C[C@@H]1F)cc(C(=O)O)c2=O. The van der Waals surface area contributed by atoms with E-state index in [0.29, 0.717) is 18.8 Å². The van der Waals surface area contributed by atoms with Crippen molar-refractivity contribution >= 4 is 11.7 Å². The Morgan fingerprint density at radius 3 is 2.50 bits per heavy atom. The summed E-state index contributed by atoms with van der Waals surface area (Å²) in [5.41, 5.74) is 5.42.